The van der Waals surface area contributed by atoms with Crippen molar-refractivity contribution >= 4 is 17.3 Å². The molecule has 0 aliphatic carbocycles. The highest BCUT2D eigenvalue weighted by molar-refractivity contribution is 6.03. The maximum absolute atomic E-state index is 13.8. The van der Waals surface area contributed by atoms with Gasteiger partial charge in [0.15, 0.2) is 5.69 Å². The fourth-order valence-corrected chi connectivity index (χ4v) is 4.44. The third-order valence-corrected chi connectivity index (χ3v) is 6.73. The molecule has 4 heterocycles. The van der Waals surface area contributed by atoms with Crippen molar-refractivity contribution in [3.63, 3.8) is 0 Å². The van der Waals surface area contributed by atoms with Crippen LogP contribution in [0, 0.1) is 0 Å². The summed E-state index contributed by atoms with van der Waals surface area (Å²) in [6.07, 6.45) is 0.148. The monoisotopic (exact) mass is 518 g/mol. The number of nitrogens with zero attached hydrogens (tertiary/aromatic N) is 5. The van der Waals surface area contributed by atoms with Gasteiger partial charge in [0, 0.05) is 38.5 Å². The van der Waals surface area contributed by atoms with Gasteiger partial charge in [-0.3, -0.25) is 9.48 Å². The van der Waals surface area contributed by atoms with Crippen LogP contribution in [0.4, 0.5) is 24.5 Å². The number of alkyl halides is 3. The van der Waals surface area contributed by atoms with Crippen molar-refractivity contribution in [2.75, 3.05) is 30.4 Å². The van der Waals surface area contributed by atoms with Crippen molar-refractivity contribution in [1.82, 2.24) is 19.7 Å². The molecule has 1 amide bonds. The van der Waals surface area contributed by atoms with E-state index in [0.717, 1.165) is 6.20 Å². The van der Waals surface area contributed by atoms with Gasteiger partial charge in [-0.15, -0.1) is 0 Å². The number of aromatic nitrogens is 4. The van der Waals surface area contributed by atoms with Gasteiger partial charge >= 0.3 is 6.18 Å². The van der Waals surface area contributed by atoms with Crippen LogP contribution < -0.4 is 10.2 Å². The normalized spacial score (nSPS) is 18.3. The number of ether oxygens (including phenoxy) is 1. The Hall–Kier alpha value is -3.51. The quantitative estimate of drug-likeness (QED) is 0.487. The molecule has 1 aliphatic rings. The lowest BCUT2D eigenvalue weighted by molar-refractivity contribution is -0.140. The van der Waals surface area contributed by atoms with E-state index in [1.165, 1.54) is 19.2 Å². The average molecular weight is 519 g/mol. The van der Waals surface area contributed by atoms with Crippen LogP contribution in [-0.2, 0) is 17.5 Å². The zero-order chi connectivity index (χ0) is 27.0. The molecule has 4 rings (SSSR count). The number of nitrogens with one attached hydrogen (secondary N) is 1. The van der Waals surface area contributed by atoms with Crippen LogP contribution in [0.25, 0.3) is 11.3 Å². The van der Waals surface area contributed by atoms with Gasteiger partial charge in [0.25, 0.3) is 5.91 Å². The van der Waals surface area contributed by atoms with Crippen molar-refractivity contribution in [2.24, 2.45) is 0 Å². The summed E-state index contributed by atoms with van der Waals surface area (Å²) < 4.78 is 48.6. The van der Waals surface area contributed by atoms with E-state index in [1.54, 1.807) is 48.0 Å². The van der Waals surface area contributed by atoms with E-state index >= 15 is 0 Å². The van der Waals surface area contributed by atoms with Gasteiger partial charge in [-0.2, -0.15) is 18.3 Å². The van der Waals surface area contributed by atoms with Gasteiger partial charge in [-0.1, -0.05) is 6.07 Å². The molecule has 0 spiro atoms. The number of aryl methyl sites for hydroxylation is 1. The molecule has 0 radical (unpaired) electrons. The minimum Gasteiger partial charge on any atom is -0.387 e. The Morgan fingerprint density at radius 2 is 2.03 bits per heavy atom. The summed E-state index contributed by atoms with van der Waals surface area (Å²) in [7, 11) is 1.49. The van der Waals surface area contributed by atoms with Gasteiger partial charge in [0.2, 0.25) is 0 Å². The van der Waals surface area contributed by atoms with Crippen LogP contribution in [0.1, 0.15) is 43.4 Å². The smallest absolute Gasteiger partial charge is 0.387 e. The molecule has 0 aromatic carbocycles. The number of anilines is 2. The molecule has 12 heteroatoms. The summed E-state index contributed by atoms with van der Waals surface area (Å²) in [5.41, 5.74) is -2.34. The highest BCUT2D eigenvalue weighted by atomic mass is 19.4. The van der Waals surface area contributed by atoms with E-state index < -0.39 is 34.7 Å². The summed E-state index contributed by atoms with van der Waals surface area (Å²) in [6.45, 7) is 6.50. The molecule has 0 bridgehead atoms. The molecule has 2 N–H and O–H groups in total. The van der Waals surface area contributed by atoms with E-state index in [4.69, 9.17) is 4.74 Å². The maximum atomic E-state index is 13.8. The van der Waals surface area contributed by atoms with E-state index in [0.29, 0.717) is 36.5 Å². The number of rotatable bonds is 7. The fourth-order valence-electron chi connectivity index (χ4n) is 4.44. The minimum absolute atomic E-state index is 0.0538. The molecular formula is C25H29F3N6O3. The van der Waals surface area contributed by atoms with E-state index in [2.05, 4.69) is 20.4 Å². The van der Waals surface area contributed by atoms with E-state index in [9.17, 15) is 23.1 Å². The second kappa shape index (κ2) is 9.75. The molecule has 3 aromatic heterocycles. The third-order valence-electron chi connectivity index (χ3n) is 6.73. The van der Waals surface area contributed by atoms with Crippen LogP contribution >= 0.6 is 0 Å². The van der Waals surface area contributed by atoms with Crippen LogP contribution in [0.15, 0.2) is 42.9 Å². The molecule has 1 saturated heterocycles. The number of carbonyl (C=O) groups excluding carboxylic acids is 1. The Bertz CT molecular complexity index is 1290. The number of methoxy groups -OCH3 is 1. The van der Waals surface area contributed by atoms with E-state index in [-0.39, 0.29) is 12.2 Å². The zero-order valence-electron chi connectivity index (χ0n) is 21.0. The second-order valence-electron chi connectivity index (χ2n) is 9.46. The van der Waals surface area contributed by atoms with Gasteiger partial charge in [0.05, 0.1) is 35.1 Å². The molecule has 1 fully saturated rings. The molecule has 0 unspecified atom stereocenters. The van der Waals surface area contributed by atoms with Gasteiger partial charge < -0.3 is 20.1 Å². The fraction of sp³-hybridized carbons (Fsp3) is 0.440. The molecule has 1 aliphatic heterocycles. The minimum atomic E-state index is -4.79. The highest BCUT2D eigenvalue weighted by Gasteiger charge is 2.49. The molecular weight excluding hydrogens is 489 g/mol. The molecule has 3 aromatic rings. The predicted molar refractivity (Wildman–Crippen MR) is 131 cm³/mol. The summed E-state index contributed by atoms with van der Waals surface area (Å²) in [5.74, 6) is -0.807. The number of hydrogen-bond acceptors (Lipinski definition) is 7. The van der Waals surface area contributed by atoms with Crippen molar-refractivity contribution < 1.29 is 27.8 Å². The lowest BCUT2D eigenvalue weighted by Crippen LogP contribution is -2.53. The maximum Gasteiger partial charge on any atom is 0.435 e. The Kier molecular flexibility index (Phi) is 6.99. The molecule has 37 heavy (non-hydrogen) atoms. The van der Waals surface area contributed by atoms with Crippen LogP contribution in [0.2, 0.25) is 0 Å². The summed E-state index contributed by atoms with van der Waals surface area (Å²) in [6, 6.07) is 5.95. The van der Waals surface area contributed by atoms with Crippen molar-refractivity contribution in [3.8, 4) is 11.3 Å². The predicted octanol–water partition coefficient (Wildman–Crippen LogP) is 4.00. The second-order valence-corrected chi connectivity index (χ2v) is 9.46. The first-order chi connectivity index (χ1) is 17.4. The van der Waals surface area contributed by atoms with Crippen molar-refractivity contribution in [2.45, 2.75) is 51.1 Å². The number of pyridine rings is 2. The average Bonchev–Trinajstić information content (AvgIpc) is 3.51. The molecule has 0 saturated carbocycles. The van der Waals surface area contributed by atoms with E-state index in [1.807, 2.05) is 6.92 Å². The zero-order valence-corrected chi connectivity index (χ0v) is 21.0. The van der Waals surface area contributed by atoms with Crippen LogP contribution in [0.3, 0.4) is 0 Å². The number of aliphatic hydroxyl groups is 1. The Balaban J connectivity index is 1.63. The largest absolute Gasteiger partial charge is 0.435 e. The lowest BCUT2D eigenvalue weighted by atomic mass is 9.85. The summed E-state index contributed by atoms with van der Waals surface area (Å²) in [5, 5.41) is 17.1. The Morgan fingerprint density at radius 1 is 1.27 bits per heavy atom. The first kappa shape index (κ1) is 26.6. The van der Waals surface area contributed by atoms with Gasteiger partial charge in [-0.25, -0.2) is 9.97 Å². The molecule has 9 nitrogen and oxygen atoms in total. The Labute approximate surface area is 212 Å². The molecule has 1 atom stereocenters. The van der Waals surface area contributed by atoms with Crippen LogP contribution in [0.5, 0.6) is 0 Å². The van der Waals surface area contributed by atoms with Crippen LogP contribution in [-0.4, -0.2) is 62.2 Å². The number of hydrogen-bond donors (Lipinski definition) is 2. The SMILES string of the molecule is CCn1cc(-c2cccc(C(=O)Nc3cc(N4CC[C@](OC)(C(C)(C)O)C4)cnc3C(F)(F)F)n2)cn1. The number of amides is 1. The number of halogens is 3. The van der Waals surface area contributed by atoms with Crippen molar-refractivity contribution in [3.05, 3.63) is 54.2 Å². The van der Waals surface area contributed by atoms with Gasteiger partial charge in [0.1, 0.15) is 11.3 Å². The van der Waals surface area contributed by atoms with Crippen molar-refractivity contribution in [1.29, 1.82) is 0 Å². The first-order valence-corrected chi connectivity index (χ1v) is 11.8. The van der Waals surface area contributed by atoms with Gasteiger partial charge in [-0.05, 0) is 45.4 Å². The lowest BCUT2D eigenvalue weighted by Gasteiger charge is -2.39. The summed E-state index contributed by atoms with van der Waals surface area (Å²) in [4.78, 5) is 22.7. The third kappa shape index (κ3) is 5.30. The summed E-state index contributed by atoms with van der Waals surface area (Å²) >= 11 is 0. The number of carbonyl (C=O) groups is 1. The molecule has 198 valence electrons. The topological polar surface area (TPSA) is 105 Å². The first-order valence-electron chi connectivity index (χ1n) is 11.8. The standard InChI is InChI=1S/C25H29F3N6O3/c1-5-34-14-16(12-30-34)18-7-6-8-19(31-18)22(35)32-20-11-17(13-29-21(20)25(26,27)28)33-10-9-24(15-33,37-4)23(2,3)36/h6-8,11-14,36H,5,9-10,15H2,1-4H3,(H,32,35)/t24-/m1/s1. The highest BCUT2D eigenvalue weighted by Crippen LogP contribution is 2.40. The Morgan fingerprint density at radius 3 is 2.62 bits per heavy atom.